The Labute approximate surface area is 198 Å². The van der Waals surface area contributed by atoms with Crippen molar-refractivity contribution < 1.29 is 14.6 Å². The van der Waals surface area contributed by atoms with E-state index in [9.17, 15) is 9.90 Å². The lowest BCUT2D eigenvalue weighted by Gasteiger charge is -2.62. The van der Waals surface area contributed by atoms with Gasteiger partial charge in [0, 0.05) is 12.5 Å². The van der Waals surface area contributed by atoms with Crippen molar-refractivity contribution in [1.82, 2.24) is 20.2 Å². The number of fused-ring (bicyclic) bond motifs is 5. The summed E-state index contributed by atoms with van der Waals surface area (Å²) in [6, 6.07) is 0. The quantitative estimate of drug-likeness (QED) is 0.694. The highest BCUT2D eigenvalue weighted by molar-refractivity contribution is 5.82. The minimum absolute atomic E-state index is 0.0833. The van der Waals surface area contributed by atoms with Crippen LogP contribution in [0.25, 0.3) is 0 Å². The molecule has 0 saturated heterocycles. The van der Waals surface area contributed by atoms with Crippen LogP contribution in [0.2, 0.25) is 0 Å². The molecule has 33 heavy (non-hydrogen) atoms. The number of aliphatic hydroxyl groups is 1. The van der Waals surface area contributed by atoms with Crippen LogP contribution in [0.15, 0.2) is 0 Å². The first-order valence-electron chi connectivity index (χ1n) is 13.3. The highest BCUT2D eigenvalue weighted by Crippen LogP contribution is 2.68. The maximum atomic E-state index is 13.4. The SMILES string of the molecule is CCOC[C@]12CC[C@@](C)(O)C[C@@H]1CC[C@H]1[C@@H]3CC[C@H](C(=O)Cn4nnnc4C)[C@@]3(C)CC[C@@H]12. The van der Waals surface area contributed by atoms with E-state index in [1.54, 1.807) is 4.68 Å². The van der Waals surface area contributed by atoms with Gasteiger partial charge in [-0.2, -0.15) is 0 Å². The molecule has 1 heterocycles. The number of Topliss-reactive ketones (excluding diaryl/α,β-unsaturated/α-hetero) is 1. The zero-order chi connectivity index (χ0) is 23.4. The molecule has 8 atom stereocenters. The number of ether oxygens (including phenoxy) is 1. The van der Waals surface area contributed by atoms with E-state index in [0.29, 0.717) is 41.8 Å². The third-order valence-corrected chi connectivity index (χ3v) is 10.6. The smallest absolute Gasteiger partial charge is 0.158 e. The molecule has 0 unspecified atom stereocenters. The van der Waals surface area contributed by atoms with Crippen molar-refractivity contribution in [1.29, 1.82) is 0 Å². The third-order valence-electron chi connectivity index (χ3n) is 10.6. The number of carbonyl (C=O) groups excluding carboxylic acids is 1. The van der Waals surface area contributed by atoms with E-state index in [2.05, 4.69) is 29.4 Å². The van der Waals surface area contributed by atoms with Gasteiger partial charge in [0.2, 0.25) is 0 Å². The average molecular weight is 459 g/mol. The second-order valence-electron chi connectivity index (χ2n) is 12.2. The molecule has 0 spiro atoms. The lowest BCUT2D eigenvalue weighted by molar-refractivity contribution is -0.178. The van der Waals surface area contributed by atoms with Crippen LogP contribution in [-0.2, 0) is 16.1 Å². The number of nitrogens with zero attached hydrogens (tertiary/aromatic N) is 4. The van der Waals surface area contributed by atoms with Gasteiger partial charge in [-0.3, -0.25) is 4.79 Å². The summed E-state index contributed by atoms with van der Waals surface area (Å²) in [7, 11) is 0. The highest BCUT2D eigenvalue weighted by Gasteiger charge is 2.63. The molecular formula is C26H42N4O3. The number of ketones is 1. The van der Waals surface area contributed by atoms with Crippen molar-refractivity contribution >= 4 is 5.78 Å². The molecule has 0 aromatic carbocycles. The number of aryl methyl sites for hydroxylation is 1. The lowest BCUT2D eigenvalue weighted by Crippen LogP contribution is -2.58. The fourth-order valence-electron chi connectivity index (χ4n) is 8.99. The summed E-state index contributed by atoms with van der Waals surface area (Å²) in [6.45, 7) is 10.3. The average Bonchev–Trinajstić information content (AvgIpc) is 3.34. The molecule has 7 heteroatoms. The maximum Gasteiger partial charge on any atom is 0.158 e. The van der Waals surface area contributed by atoms with Crippen molar-refractivity contribution in [2.75, 3.05) is 13.2 Å². The van der Waals surface area contributed by atoms with Gasteiger partial charge in [-0.15, -0.1) is 5.10 Å². The van der Waals surface area contributed by atoms with Gasteiger partial charge in [0.25, 0.3) is 0 Å². The molecule has 7 nitrogen and oxygen atoms in total. The summed E-state index contributed by atoms with van der Waals surface area (Å²) in [4.78, 5) is 13.4. The van der Waals surface area contributed by atoms with Gasteiger partial charge in [0.1, 0.15) is 12.4 Å². The molecule has 4 saturated carbocycles. The van der Waals surface area contributed by atoms with Gasteiger partial charge < -0.3 is 9.84 Å². The fraction of sp³-hybridized carbons (Fsp3) is 0.923. The number of carbonyl (C=O) groups is 1. The number of rotatable bonds is 6. The van der Waals surface area contributed by atoms with Crippen LogP contribution >= 0.6 is 0 Å². The third kappa shape index (κ3) is 3.78. The van der Waals surface area contributed by atoms with E-state index < -0.39 is 5.60 Å². The highest BCUT2D eigenvalue weighted by atomic mass is 16.5. The van der Waals surface area contributed by atoms with Crippen LogP contribution in [0.1, 0.15) is 84.4 Å². The van der Waals surface area contributed by atoms with Crippen LogP contribution in [0.3, 0.4) is 0 Å². The number of hydrogen-bond acceptors (Lipinski definition) is 6. The molecule has 1 N–H and O–H groups in total. The molecular weight excluding hydrogens is 416 g/mol. The summed E-state index contributed by atoms with van der Waals surface area (Å²) < 4.78 is 7.81. The molecule has 5 rings (SSSR count). The van der Waals surface area contributed by atoms with Gasteiger partial charge >= 0.3 is 0 Å². The summed E-state index contributed by atoms with van der Waals surface area (Å²) >= 11 is 0. The first-order chi connectivity index (χ1) is 15.7. The monoisotopic (exact) mass is 458 g/mol. The first kappa shape index (κ1) is 23.4. The molecule has 4 fully saturated rings. The topological polar surface area (TPSA) is 90.1 Å². The van der Waals surface area contributed by atoms with Crippen LogP contribution in [-0.4, -0.2) is 49.9 Å². The van der Waals surface area contributed by atoms with Gasteiger partial charge in [-0.1, -0.05) is 6.92 Å². The summed E-state index contributed by atoms with van der Waals surface area (Å²) in [5.74, 6) is 3.63. The fourth-order valence-corrected chi connectivity index (χ4v) is 8.99. The summed E-state index contributed by atoms with van der Waals surface area (Å²) in [5, 5.41) is 22.5. The minimum atomic E-state index is -0.532. The van der Waals surface area contributed by atoms with E-state index in [4.69, 9.17) is 4.74 Å². The molecule has 0 amide bonds. The number of aromatic nitrogens is 4. The molecule has 0 radical (unpaired) electrons. The van der Waals surface area contributed by atoms with Crippen LogP contribution < -0.4 is 0 Å². The van der Waals surface area contributed by atoms with Crippen LogP contribution in [0, 0.1) is 47.3 Å². The Morgan fingerprint density at radius 2 is 1.94 bits per heavy atom. The molecule has 0 bridgehead atoms. The Kier molecular flexibility index (Phi) is 5.96. The maximum absolute atomic E-state index is 13.4. The predicted octanol–water partition coefficient (Wildman–Crippen LogP) is 3.98. The molecule has 1 aromatic heterocycles. The normalized spacial score (nSPS) is 44.7. The predicted molar refractivity (Wildman–Crippen MR) is 124 cm³/mol. The standard InChI is InChI=1S/C26H42N4O3/c1-5-33-16-26-13-12-24(3,32)14-18(26)6-7-19-20-8-9-22(25(20,4)11-10-21(19)26)23(31)15-30-17(2)27-28-29-30/h18-22,32H,5-16H2,1-4H3/t18-,19-,20-,21-,22+,24+,25-,26+/m0/s1. The zero-order valence-corrected chi connectivity index (χ0v) is 20.9. The van der Waals surface area contributed by atoms with Crippen molar-refractivity contribution in [3.8, 4) is 0 Å². The van der Waals surface area contributed by atoms with Crippen LogP contribution in [0.5, 0.6) is 0 Å². The van der Waals surface area contributed by atoms with Gasteiger partial charge in [0.15, 0.2) is 5.78 Å². The Hall–Kier alpha value is -1.34. The van der Waals surface area contributed by atoms with E-state index in [1.807, 2.05) is 13.8 Å². The Morgan fingerprint density at radius 3 is 2.67 bits per heavy atom. The molecule has 4 aliphatic rings. The van der Waals surface area contributed by atoms with Crippen molar-refractivity contribution in [2.45, 2.75) is 97.6 Å². The van der Waals surface area contributed by atoms with E-state index >= 15 is 0 Å². The second kappa shape index (κ2) is 8.40. The number of hydrogen-bond donors (Lipinski definition) is 1. The van der Waals surface area contributed by atoms with Crippen molar-refractivity contribution in [3.63, 3.8) is 0 Å². The Morgan fingerprint density at radius 1 is 1.12 bits per heavy atom. The molecule has 4 aliphatic carbocycles. The molecule has 184 valence electrons. The van der Waals surface area contributed by atoms with Gasteiger partial charge in [-0.25, -0.2) is 4.68 Å². The Balaban J connectivity index is 1.38. The van der Waals surface area contributed by atoms with Gasteiger partial charge in [-0.05, 0) is 123 Å². The minimum Gasteiger partial charge on any atom is -0.390 e. The molecule has 0 aliphatic heterocycles. The van der Waals surface area contributed by atoms with Crippen molar-refractivity contribution in [2.24, 2.45) is 40.4 Å². The summed E-state index contributed by atoms with van der Waals surface area (Å²) in [6.07, 6.45) is 9.79. The van der Waals surface area contributed by atoms with Gasteiger partial charge in [0.05, 0.1) is 12.2 Å². The zero-order valence-electron chi connectivity index (χ0n) is 20.9. The molecule has 1 aromatic rings. The van der Waals surface area contributed by atoms with Crippen LogP contribution in [0.4, 0.5) is 0 Å². The Bertz CT molecular complexity index is 885. The van der Waals surface area contributed by atoms with E-state index in [0.717, 1.165) is 51.7 Å². The first-order valence-corrected chi connectivity index (χ1v) is 13.3. The largest absolute Gasteiger partial charge is 0.390 e. The van der Waals surface area contributed by atoms with Crippen molar-refractivity contribution in [3.05, 3.63) is 5.82 Å². The van der Waals surface area contributed by atoms with E-state index in [1.165, 1.54) is 19.3 Å². The van der Waals surface area contributed by atoms with E-state index in [-0.39, 0.29) is 16.7 Å². The summed E-state index contributed by atoms with van der Waals surface area (Å²) in [5.41, 5.74) is -0.246. The number of tetrazole rings is 1. The lowest BCUT2D eigenvalue weighted by atomic mass is 9.43. The second-order valence-corrected chi connectivity index (χ2v) is 12.2.